The summed E-state index contributed by atoms with van der Waals surface area (Å²) >= 11 is 0. The number of aromatic nitrogens is 2. The number of H-pyrrole nitrogens is 1. The molecule has 2 aromatic carbocycles. The van der Waals surface area contributed by atoms with Gasteiger partial charge >= 0.3 is 6.18 Å². The molecule has 3 heterocycles. The lowest BCUT2D eigenvalue weighted by atomic mass is 10.0. The van der Waals surface area contributed by atoms with Crippen LogP contribution in [0.25, 0.3) is 11.4 Å². The van der Waals surface area contributed by atoms with E-state index < -0.39 is 11.7 Å². The Labute approximate surface area is 175 Å². The van der Waals surface area contributed by atoms with E-state index in [9.17, 15) is 18.0 Å². The fraction of sp³-hybridized carbons (Fsp3) is 0.273. The quantitative estimate of drug-likeness (QED) is 0.687. The van der Waals surface area contributed by atoms with Crippen molar-refractivity contribution in [2.24, 2.45) is 0 Å². The third-order valence-electron chi connectivity index (χ3n) is 5.51. The molecule has 6 nitrogen and oxygen atoms in total. The maximum Gasteiger partial charge on any atom is 0.416 e. The molecule has 3 aromatic rings. The smallest absolute Gasteiger partial charge is 0.416 e. The lowest BCUT2D eigenvalue weighted by molar-refractivity contribution is -0.137. The van der Waals surface area contributed by atoms with E-state index in [1.165, 1.54) is 12.1 Å². The van der Waals surface area contributed by atoms with Gasteiger partial charge < -0.3 is 14.5 Å². The summed E-state index contributed by atoms with van der Waals surface area (Å²) in [5.74, 6) is 1.73. The van der Waals surface area contributed by atoms with Gasteiger partial charge in [-0.25, -0.2) is 4.98 Å². The number of rotatable bonds is 3. The zero-order chi connectivity index (χ0) is 21.6. The maximum atomic E-state index is 12.8. The molecular weight excluding hydrogens is 411 g/mol. The second-order valence-corrected chi connectivity index (χ2v) is 7.53. The number of hydrogen-bond donors (Lipinski definition) is 1. The lowest BCUT2D eigenvalue weighted by Crippen LogP contribution is -2.35. The van der Waals surface area contributed by atoms with Gasteiger partial charge in [-0.1, -0.05) is 24.3 Å². The Morgan fingerprint density at radius 2 is 1.90 bits per heavy atom. The highest BCUT2D eigenvalue weighted by atomic mass is 19.4. The molecule has 2 aliphatic heterocycles. The van der Waals surface area contributed by atoms with Crippen molar-refractivity contribution >= 4 is 0 Å². The summed E-state index contributed by atoms with van der Waals surface area (Å²) in [5.41, 5.74) is 1.66. The van der Waals surface area contributed by atoms with Crippen LogP contribution in [-0.2, 0) is 25.7 Å². The van der Waals surface area contributed by atoms with E-state index in [4.69, 9.17) is 9.47 Å². The van der Waals surface area contributed by atoms with Crippen molar-refractivity contribution in [3.8, 4) is 22.9 Å². The highest BCUT2D eigenvalue weighted by molar-refractivity contribution is 5.56. The molecule has 0 atom stereocenters. The SMILES string of the molecule is O=c1[nH]c(-c2ccc(C(F)(F)F)cc2)nc2c1CN(Cc1cccc3c1OCO3)CC2. The molecule has 0 aliphatic carbocycles. The topological polar surface area (TPSA) is 67.5 Å². The fourth-order valence-corrected chi connectivity index (χ4v) is 3.93. The molecule has 0 radical (unpaired) electrons. The predicted molar refractivity (Wildman–Crippen MR) is 106 cm³/mol. The van der Waals surface area contributed by atoms with Gasteiger partial charge in [-0.2, -0.15) is 13.2 Å². The van der Waals surface area contributed by atoms with E-state index in [0.29, 0.717) is 42.9 Å². The van der Waals surface area contributed by atoms with Gasteiger partial charge in [0.25, 0.3) is 5.56 Å². The van der Waals surface area contributed by atoms with Crippen LogP contribution >= 0.6 is 0 Å². The molecule has 160 valence electrons. The number of nitrogens with zero attached hydrogens (tertiary/aromatic N) is 2. The van der Waals surface area contributed by atoms with Gasteiger partial charge in [0.05, 0.1) is 16.8 Å². The van der Waals surface area contributed by atoms with Crippen LogP contribution in [0.5, 0.6) is 11.5 Å². The predicted octanol–water partition coefficient (Wildman–Crippen LogP) is 3.74. The van der Waals surface area contributed by atoms with Gasteiger partial charge in [-0.3, -0.25) is 9.69 Å². The van der Waals surface area contributed by atoms with Gasteiger partial charge in [0.2, 0.25) is 6.79 Å². The second-order valence-electron chi connectivity index (χ2n) is 7.53. The van der Waals surface area contributed by atoms with Crippen molar-refractivity contribution < 1.29 is 22.6 Å². The first-order chi connectivity index (χ1) is 14.9. The summed E-state index contributed by atoms with van der Waals surface area (Å²) in [4.78, 5) is 22.1. The third kappa shape index (κ3) is 3.76. The van der Waals surface area contributed by atoms with Crippen LogP contribution in [-0.4, -0.2) is 28.2 Å². The molecule has 0 spiro atoms. The van der Waals surface area contributed by atoms with Crippen molar-refractivity contribution in [1.82, 2.24) is 14.9 Å². The summed E-state index contributed by atoms with van der Waals surface area (Å²) in [6.07, 6.45) is -3.84. The number of hydrogen-bond acceptors (Lipinski definition) is 5. The Morgan fingerprint density at radius 1 is 1.10 bits per heavy atom. The van der Waals surface area contributed by atoms with Crippen LogP contribution in [0.2, 0.25) is 0 Å². The van der Waals surface area contributed by atoms with Gasteiger partial charge in [-0.05, 0) is 18.2 Å². The summed E-state index contributed by atoms with van der Waals surface area (Å²) in [6, 6.07) is 10.3. The van der Waals surface area contributed by atoms with Crippen molar-refractivity contribution in [3.63, 3.8) is 0 Å². The van der Waals surface area contributed by atoms with Crippen LogP contribution in [0.15, 0.2) is 47.3 Å². The van der Waals surface area contributed by atoms with Gasteiger partial charge in [0.1, 0.15) is 5.82 Å². The van der Waals surface area contributed by atoms with E-state index in [2.05, 4.69) is 14.9 Å². The molecule has 2 aliphatic rings. The second kappa shape index (κ2) is 7.42. The van der Waals surface area contributed by atoms with E-state index in [0.717, 1.165) is 29.2 Å². The average Bonchev–Trinajstić information content (AvgIpc) is 3.23. The van der Waals surface area contributed by atoms with Crippen LogP contribution in [0.3, 0.4) is 0 Å². The van der Waals surface area contributed by atoms with Crippen molar-refractivity contribution in [1.29, 1.82) is 0 Å². The van der Waals surface area contributed by atoms with Gasteiger partial charge in [-0.15, -0.1) is 0 Å². The van der Waals surface area contributed by atoms with Crippen LogP contribution in [0.1, 0.15) is 22.4 Å². The minimum absolute atomic E-state index is 0.200. The number of para-hydroxylation sites is 1. The number of nitrogens with one attached hydrogen (secondary N) is 1. The molecule has 31 heavy (non-hydrogen) atoms. The zero-order valence-electron chi connectivity index (χ0n) is 16.3. The number of fused-ring (bicyclic) bond motifs is 2. The van der Waals surface area contributed by atoms with Crippen LogP contribution < -0.4 is 15.0 Å². The largest absolute Gasteiger partial charge is 0.454 e. The van der Waals surface area contributed by atoms with Gasteiger partial charge in [0.15, 0.2) is 11.5 Å². The molecule has 0 saturated carbocycles. The van der Waals surface area contributed by atoms with Gasteiger partial charge in [0, 0.05) is 37.2 Å². The first-order valence-electron chi connectivity index (χ1n) is 9.78. The number of halogens is 3. The molecule has 9 heteroatoms. The van der Waals surface area contributed by atoms with E-state index in [1.54, 1.807) is 0 Å². The third-order valence-corrected chi connectivity index (χ3v) is 5.51. The zero-order valence-corrected chi connectivity index (χ0v) is 16.3. The lowest BCUT2D eigenvalue weighted by Gasteiger charge is -2.28. The highest BCUT2D eigenvalue weighted by Gasteiger charge is 2.30. The van der Waals surface area contributed by atoms with Crippen LogP contribution in [0.4, 0.5) is 13.2 Å². The number of alkyl halides is 3. The number of ether oxygens (including phenoxy) is 2. The van der Waals surface area contributed by atoms with Crippen LogP contribution in [0, 0.1) is 0 Å². The number of aromatic amines is 1. The first kappa shape index (κ1) is 19.6. The summed E-state index contributed by atoms with van der Waals surface area (Å²) < 4.78 is 49.3. The molecule has 5 rings (SSSR count). The minimum Gasteiger partial charge on any atom is -0.454 e. The molecule has 1 N–H and O–H groups in total. The summed E-state index contributed by atoms with van der Waals surface area (Å²) in [7, 11) is 0. The van der Waals surface area contributed by atoms with E-state index >= 15 is 0 Å². The molecule has 1 aromatic heterocycles. The average molecular weight is 429 g/mol. The van der Waals surface area contributed by atoms with Crippen molar-refractivity contribution in [3.05, 3.63) is 75.2 Å². The molecular formula is C22H18F3N3O3. The van der Waals surface area contributed by atoms with E-state index in [1.807, 2.05) is 18.2 Å². The fourth-order valence-electron chi connectivity index (χ4n) is 3.93. The molecule has 0 amide bonds. The maximum absolute atomic E-state index is 12.8. The van der Waals surface area contributed by atoms with Crippen molar-refractivity contribution in [2.45, 2.75) is 25.7 Å². The Balaban J connectivity index is 1.37. The molecule has 0 saturated heterocycles. The first-order valence-corrected chi connectivity index (χ1v) is 9.78. The Hall–Kier alpha value is -3.33. The molecule has 0 bridgehead atoms. The highest BCUT2D eigenvalue weighted by Crippen LogP contribution is 2.36. The standard InChI is InChI=1S/C22H18F3N3O3/c23-22(24,25)15-6-4-13(5-7-15)20-26-17-8-9-28(11-16(17)21(29)27-20)10-14-2-1-3-18-19(14)31-12-30-18/h1-7H,8-12H2,(H,26,27,29). The summed E-state index contributed by atoms with van der Waals surface area (Å²) in [6.45, 7) is 1.92. The Morgan fingerprint density at radius 3 is 2.68 bits per heavy atom. The monoisotopic (exact) mass is 429 g/mol. The van der Waals surface area contributed by atoms with E-state index in [-0.39, 0.29) is 18.2 Å². The molecule has 0 unspecified atom stereocenters. The normalized spacial score (nSPS) is 15.7. The Kier molecular flexibility index (Phi) is 4.70. The number of benzene rings is 2. The molecule has 0 fully saturated rings. The Bertz CT molecular complexity index is 1190. The summed E-state index contributed by atoms with van der Waals surface area (Å²) in [5, 5.41) is 0. The van der Waals surface area contributed by atoms with Crippen molar-refractivity contribution in [2.75, 3.05) is 13.3 Å². The minimum atomic E-state index is -4.41.